The van der Waals surface area contributed by atoms with Gasteiger partial charge in [-0.2, -0.15) is 5.26 Å². The van der Waals surface area contributed by atoms with Crippen molar-refractivity contribution < 1.29 is 4.74 Å². The molecule has 16 heavy (non-hydrogen) atoms. The zero-order valence-electron chi connectivity index (χ0n) is 9.79. The van der Waals surface area contributed by atoms with E-state index < -0.39 is 0 Å². The van der Waals surface area contributed by atoms with E-state index in [0.717, 1.165) is 37.6 Å². The van der Waals surface area contributed by atoms with Crippen LogP contribution in [0.4, 0.5) is 0 Å². The van der Waals surface area contributed by atoms with Gasteiger partial charge in [-0.3, -0.25) is 0 Å². The number of nitrogens with one attached hydrogen (secondary N) is 1. The molecule has 1 atom stereocenters. The number of hydrogen-bond acceptors (Lipinski definition) is 3. The van der Waals surface area contributed by atoms with Crippen LogP contribution in [0, 0.1) is 18.3 Å². The maximum atomic E-state index is 8.92. The van der Waals surface area contributed by atoms with Crippen molar-refractivity contribution >= 4 is 0 Å². The summed E-state index contributed by atoms with van der Waals surface area (Å²) >= 11 is 0. The molecule has 1 N–H and O–H groups in total. The second-order valence-electron chi connectivity index (χ2n) is 4.25. The average molecular weight is 219 g/mol. The molecule has 1 aliphatic heterocycles. The highest BCUT2D eigenvalue weighted by Crippen LogP contribution is 2.14. The van der Waals surface area contributed by atoms with Crippen molar-refractivity contribution in [1.82, 2.24) is 9.88 Å². The van der Waals surface area contributed by atoms with E-state index >= 15 is 0 Å². The Kier molecular flexibility index (Phi) is 3.28. The van der Waals surface area contributed by atoms with Crippen LogP contribution in [0.1, 0.15) is 23.4 Å². The number of hydrogen-bond donors (Lipinski definition) is 1. The topological polar surface area (TPSA) is 50.0 Å². The van der Waals surface area contributed by atoms with Gasteiger partial charge in [0.2, 0.25) is 0 Å². The van der Waals surface area contributed by atoms with E-state index in [-0.39, 0.29) is 0 Å². The van der Waals surface area contributed by atoms with E-state index in [1.165, 1.54) is 5.56 Å². The first kappa shape index (κ1) is 11.2. The van der Waals surface area contributed by atoms with Gasteiger partial charge in [-0.1, -0.05) is 0 Å². The highest BCUT2D eigenvalue weighted by Gasteiger charge is 2.16. The van der Waals surface area contributed by atoms with Crippen molar-refractivity contribution in [3.05, 3.63) is 23.0 Å². The quantitative estimate of drug-likeness (QED) is 0.827. The summed E-state index contributed by atoms with van der Waals surface area (Å²) in [5.41, 5.74) is 3.07. The first-order valence-electron chi connectivity index (χ1n) is 5.59. The van der Waals surface area contributed by atoms with Gasteiger partial charge in [0.15, 0.2) is 0 Å². The molecule has 1 aromatic rings. The molecular formula is C12H17N3O. The Morgan fingerprint density at radius 1 is 1.69 bits per heavy atom. The smallest absolute Gasteiger partial charge is 0.120 e. The van der Waals surface area contributed by atoms with Gasteiger partial charge >= 0.3 is 0 Å². The predicted octanol–water partition coefficient (Wildman–Crippen LogP) is 1.08. The summed E-state index contributed by atoms with van der Waals surface area (Å²) in [6.07, 6.45) is 1.08. The van der Waals surface area contributed by atoms with Crippen LogP contribution in [0.25, 0.3) is 0 Å². The number of nitrogens with zero attached hydrogens (tertiary/aromatic N) is 2. The molecule has 0 radical (unpaired) electrons. The summed E-state index contributed by atoms with van der Waals surface area (Å²) in [6.45, 7) is 4.52. The second kappa shape index (κ2) is 4.69. The minimum atomic E-state index is 0.463. The molecule has 0 aromatic carbocycles. The number of aromatic nitrogens is 1. The summed E-state index contributed by atoms with van der Waals surface area (Å²) in [5, 5.41) is 12.4. The van der Waals surface area contributed by atoms with Crippen LogP contribution in [0.2, 0.25) is 0 Å². The molecule has 1 aliphatic rings. The average Bonchev–Trinajstić information content (AvgIpc) is 2.88. The number of rotatable bonds is 3. The predicted molar refractivity (Wildman–Crippen MR) is 60.9 cm³/mol. The zero-order chi connectivity index (χ0) is 11.5. The van der Waals surface area contributed by atoms with Crippen LogP contribution < -0.4 is 5.32 Å². The molecule has 0 saturated carbocycles. The molecule has 0 amide bonds. The van der Waals surface area contributed by atoms with Crippen LogP contribution in [-0.2, 0) is 18.3 Å². The Bertz CT molecular complexity index is 411. The van der Waals surface area contributed by atoms with Crippen LogP contribution >= 0.6 is 0 Å². The summed E-state index contributed by atoms with van der Waals surface area (Å²) < 4.78 is 7.24. The Balaban J connectivity index is 2.01. The fraction of sp³-hybridized carbons (Fsp3) is 0.583. The van der Waals surface area contributed by atoms with Crippen LogP contribution in [-0.4, -0.2) is 23.8 Å². The van der Waals surface area contributed by atoms with Crippen molar-refractivity contribution in [3.63, 3.8) is 0 Å². The molecule has 86 valence electrons. The molecule has 0 aliphatic carbocycles. The first-order valence-corrected chi connectivity index (χ1v) is 5.59. The lowest BCUT2D eigenvalue weighted by atomic mass is 10.2. The van der Waals surface area contributed by atoms with E-state index in [4.69, 9.17) is 10.00 Å². The summed E-state index contributed by atoms with van der Waals surface area (Å²) in [5.74, 6) is 0. The highest BCUT2D eigenvalue weighted by atomic mass is 16.5. The fourth-order valence-corrected chi connectivity index (χ4v) is 2.00. The molecule has 1 aromatic heterocycles. The van der Waals surface area contributed by atoms with Crippen molar-refractivity contribution in [2.45, 2.75) is 25.9 Å². The third kappa shape index (κ3) is 2.11. The van der Waals surface area contributed by atoms with Gasteiger partial charge < -0.3 is 14.6 Å². The summed E-state index contributed by atoms with van der Waals surface area (Å²) in [4.78, 5) is 0. The minimum Gasteiger partial charge on any atom is -0.380 e. The third-order valence-electron chi connectivity index (χ3n) is 3.27. The molecule has 2 rings (SSSR count). The Morgan fingerprint density at radius 3 is 3.06 bits per heavy atom. The lowest BCUT2D eigenvalue weighted by Gasteiger charge is -2.10. The monoisotopic (exact) mass is 219 g/mol. The maximum absolute atomic E-state index is 8.92. The number of nitriles is 1. The number of ether oxygens (including phenoxy) is 1. The van der Waals surface area contributed by atoms with Crippen molar-refractivity contribution in [2.24, 2.45) is 7.05 Å². The normalized spacial score (nSPS) is 19.9. The van der Waals surface area contributed by atoms with Gasteiger partial charge in [-0.25, -0.2) is 0 Å². The molecule has 1 unspecified atom stereocenters. The van der Waals surface area contributed by atoms with E-state index in [2.05, 4.69) is 11.4 Å². The van der Waals surface area contributed by atoms with Crippen LogP contribution in [0.5, 0.6) is 0 Å². The molecule has 4 nitrogen and oxygen atoms in total. The minimum absolute atomic E-state index is 0.463. The van der Waals surface area contributed by atoms with Gasteiger partial charge in [0, 0.05) is 31.9 Å². The van der Waals surface area contributed by atoms with E-state index in [0.29, 0.717) is 6.04 Å². The van der Waals surface area contributed by atoms with E-state index in [1.54, 1.807) is 0 Å². The van der Waals surface area contributed by atoms with E-state index in [9.17, 15) is 0 Å². The highest BCUT2D eigenvalue weighted by molar-refractivity contribution is 5.34. The Labute approximate surface area is 95.8 Å². The van der Waals surface area contributed by atoms with Gasteiger partial charge in [0.25, 0.3) is 0 Å². The molecule has 1 saturated heterocycles. The molecule has 4 heteroatoms. The molecule has 0 spiro atoms. The van der Waals surface area contributed by atoms with Crippen molar-refractivity contribution in [3.8, 4) is 6.07 Å². The zero-order valence-corrected chi connectivity index (χ0v) is 9.79. The molecule has 0 bridgehead atoms. The maximum Gasteiger partial charge on any atom is 0.120 e. The van der Waals surface area contributed by atoms with Crippen LogP contribution in [0.3, 0.4) is 0 Å². The van der Waals surface area contributed by atoms with Crippen molar-refractivity contribution in [1.29, 1.82) is 5.26 Å². The van der Waals surface area contributed by atoms with Gasteiger partial charge in [-0.05, 0) is 25.0 Å². The van der Waals surface area contributed by atoms with Gasteiger partial charge in [-0.15, -0.1) is 0 Å². The first-order chi connectivity index (χ1) is 7.72. The molecule has 1 fully saturated rings. The third-order valence-corrected chi connectivity index (χ3v) is 3.27. The Morgan fingerprint density at radius 2 is 2.50 bits per heavy atom. The van der Waals surface area contributed by atoms with Crippen molar-refractivity contribution in [2.75, 3.05) is 13.2 Å². The molecule has 2 heterocycles. The second-order valence-corrected chi connectivity index (χ2v) is 4.25. The molecular weight excluding hydrogens is 202 g/mol. The van der Waals surface area contributed by atoms with Crippen LogP contribution in [0.15, 0.2) is 6.07 Å². The Hall–Kier alpha value is -1.31. The largest absolute Gasteiger partial charge is 0.380 e. The van der Waals surface area contributed by atoms with E-state index in [1.807, 2.05) is 24.6 Å². The summed E-state index contributed by atoms with van der Waals surface area (Å²) in [6, 6.07) is 4.61. The SMILES string of the molecule is Cc1c(CNC2CCOC2)cc(C#N)n1C. The van der Waals surface area contributed by atoms with Gasteiger partial charge in [0.1, 0.15) is 11.8 Å². The fourth-order valence-electron chi connectivity index (χ4n) is 2.00. The lowest BCUT2D eigenvalue weighted by molar-refractivity contribution is 0.190. The standard InChI is InChI=1S/C12H17N3O/c1-9-10(5-12(6-13)15(9)2)7-14-11-3-4-16-8-11/h5,11,14H,3-4,7-8H2,1-2H3. The summed E-state index contributed by atoms with van der Waals surface area (Å²) in [7, 11) is 1.93. The lowest BCUT2D eigenvalue weighted by Crippen LogP contribution is -2.28. The van der Waals surface area contributed by atoms with Gasteiger partial charge in [0.05, 0.1) is 6.61 Å².